The number of carboxylic acid groups (broad SMARTS) is 1. The second-order valence-corrected chi connectivity index (χ2v) is 6.51. The van der Waals surface area contributed by atoms with Crippen molar-refractivity contribution in [2.75, 3.05) is 0 Å². The topological polar surface area (TPSA) is 37.3 Å². The maximum absolute atomic E-state index is 11.9. The molecule has 18 heavy (non-hydrogen) atoms. The molecule has 2 rings (SSSR count). The Labute approximate surface area is 110 Å². The molecular weight excluding hydrogens is 224 g/mol. The van der Waals surface area contributed by atoms with E-state index in [2.05, 4.69) is 38.2 Å². The fraction of sp³-hybridized carbons (Fsp3) is 0.688. The van der Waals surface area contributed by atoms with E-state index in [1.54, 1.807) is 0 Å². The number of aliphatic carboxylic acids is 1. The van der Waals surface area contributed by atoms with E-state index in [0.29, 0.717) is 12.3 Å². The minimum atomic E-state index is -0.605. The lowest BCUT2D eigenvalue weighted by molar-refractivity contribution is -0.159. The zero-order chi connectivity index (χ0) is 13.2. The van der Waals surface area contributed by atoms with Crippen LogP contribution in [-0.2, 0) is 4.79 Å². The number of allylic oxidation sites excluding steroid dienone is 4. The van der Waals surface area contributed by atoms with Crippen LogP contribution in [-0.4, -0.2) is 11.1 Å². The molecule has 0 spiro atoms. The third-order valence-corrected chi connectivity index (χ3v) is 4.98. The van der Waals surface area contributed by atoms with Gasteiger partial charge in [0.2, 0.25) is 0 Å². The van der Waals surface area contributed by atoms with E-state index in [1.807, 2.05) is 0 Å². The van der Waals surface area contributed by atoms with Crippen molar-refractivity contribution in [1.29, 1.82) is 0 Å². The summed E-state index contributed by atoms with van der Waals surface area (Å²) in [6.45, 7) is 4.23. The Morgan fingerprint density at radius 1 is 1.22 bits per heavy atom. The van der Waals surface area contributed by atoms with Crippen molar-refractivity contribution >= 4 is 5.97 Å². The summed E-state index contributed by atoms with van der Waals surface area (Å²) in [5.74, 6) is -0.0664. The van der Waals surface area contributed by atoms with Crippen LogP contribution in [0.1, 0.15) is 52.4 Å². The van der Waals surface area contributed by atoms with E-state index >= 15 is 0 Å². The zero-order valence-corrected chi connectivity index (χ0v) is 11.5. The lowest BCUT2D eigenvalue weighted by Crippen LogP contribution is -2.47. The summed E-state index contributed by atoms with van der Waals surface area (Å²) in [5, 5.41) is 9.80. The molecule has 0 fully saturated rings. The van der Waals surface area contributed by atoms with Crippen molar-refractivity contribution in [2.45, 2.75) is 52.4 Å². The highest BCUT2D eigenvalue weighted by Gasteiger charge is 2.51. The van der Waals surface area contributed by atoms with Gasteiger partial charge in [0.25, 0.3) is 0 Å². The first-order valence-electron chi connectivity index (χ1n) is 7.01. The normalized spacial score (nSPS) is 34.4. The van der Waals surface area contributed by atoms with E-state index in [1.165, 1.54) is 0 Å². The Balaban J connectivity index is 2.23. The number of hydrogen-bond donors (Lipinski definition) is 1. The summed E-state index contributed by atoms with van der Waals surface area (Å²) in [5.41, 5.74) is -0.716. The molecule has 0 aromatic rings. The van der Waals surface area contributed by atoms with Crippen molar-refractivity contribution in [1.82, 2.24) is 0 Å². The first kappa shape index (κ1) is 13.4. The number of hydrogen-bond acceptors (Lipinski definition) is 1. The standard InChI is InChI=1S/C16H24O2/c1-15(2)10-6-7-11-16(15,14(17)18)12-13-8-4-3-5-9-13/h3-4,6-7,13H,5,8-12H2,1-2H3,(H,17,18). The Hall–Kier alpha value is -1.05. The molecule has 0 bridgehead atoms. The fourth-order valence-electron chi connectivity index (χ4n) is 3.49. The average Bonchev–Trinajstić information content (AvgIpc) is 2.33. The van der Waals surface area contributed by atoms with E-state index in [0.717, 1.165) is 32.1 Å². The van der Waals surface area contributed by atoms with E-state index < -0.39 is 11.4 Å². The smallest absolute Gasteiger partial charge is 0.310 e. The lowest BCUT2D eigenvalue weighted by Gasteiger charge is -2.47. The van der Waals surface area contributed by atoms with Crippen LogP contribution in [0.2, 0.25) is 0 Å². The number of carbonyl (C=O) groups is 1. The molecule has 2 aliphatic carbocycles. The predicted octanol–water partition coefficient (Wildman–Crippen LogP) is 4.18. The molecule has 100 valence electrons. The Morgan fingerprint density at radius 3 is 2.50 bits per heavy atom. The van der Waals surface area contributed by atoms with E-state index in [9.17, 15) is 9.90 Å². The third kappa shape index (κ3) is 2.25. The van der Waals surface area contributed by atoms with Gasteiger partial charge in [-0.05, 0) is 49.9 Å². The highest BCUT2D eigenvalue weighted by molar-refractivity contribution is 5.76. The van der Waals surface area contributed by atoms with E-state index in [-0.39, 0.29) is 5.41 Å². The van der Waals surface area contributed by atoms with Gasteiger partial charge >= 0.3 is 5.97 Å². The molecule has 0 heterocycles. The van der Waals surface area contributed by atoms with E-state index in [4.69, 9.17) is 0 Å². The Kier molecular flexibility index (Phi) is 3.65. The SMILES string of the molecule is CC1(C)CC=CCC1(CC1CC=CCC1)C(=O)O. The van der Waals surface area contributed by atoms with Crippen molar-refractivity contribution in [3.05, 3.63) is 24.3 Å². The summed E-state index contributed by atoms with van der Waals surface area (Å²) in [4.78, 5) is 11.9. The van der Waals surface area contributed by atoms with Gasteiger partial charge in [-0.25, -0.2) is 0 Å². The van der Waals surface area contributed by atoms with Crippen molar-refractivity contribution in [3.63, 3.8) is 0 Å². The largest absolute Gasteiger partial charge is 0.481 e. The molecule has 2 atom stereocenters. The van der Waals surface area contributed by atoms with Crippen LogP contribution in [0.15, 0.2) is 24.3 Å². The van der Waals surface area contributed by atoms with Crippen LogP contribution in [0.25, 0.3) is 0 Å². The Bertz CT molecular complexity index is 379. The van der Waals surface area contributed by atoms with Crippen LogP contribution < -0.4 is 0 Å². The Morgan fingerprint density at radius 2 is 1.94 bits per heavy atom. The third-order valence-electron chi connectivity index (χ3n) is 4.98. The van der Waals surface area contributed by atoms with Gasteiger partial charge in [-0.15, -0.1) is 0 Å². The van der Waals surface area contributed by atoms with Crippen molar-refractivity contribution < 1.29 is 9.90 Å². The van der Waals surface area contributed by atoms with Crippen molar-refractivity contribution in [2.24, 2.45) is 16.7 Å². The van der Waals surface area contributed by atoms with Gasteiger partial charge < -0.3 is 5.11 Å². The maximum Gasteiger partial charge on any atom is 0.310 e. The second kappa shape index (κ2) is 4.91. The van der Waals surface area contributed by atoms with Gasteiger partial charge in [0, 0.05) is 0 Å². The summed E-state index contributed by atoms with van der Waals surface area (Å²) in [6.07, 6.45) is 14.3. The first-order chi connectivity index (χ1) is 8.48. The molecule has 2 aliphatic rings. The van der Waals surface area contributed by atoms with Crippen LogP contribution in [0.4, 0.5) is 0 Å². The van der Waals surface area contributed by atoms with Crippen LogP contribution in [0, 0.1) is 16.7 Å². The molecule has 0 aliphatic heterocycles. The predicted molar refractivity (Wildman–Crippen MR) is 73.3 cm³/mol. The summed E-state index contributed by atoms with van der Waals surface area (Å²) < 4.78 is 0. The molecule has 0 aromatic heterocycles. The van der Waals surface area contributed by atoms with Gasteiger partial charge in [0.1, 0.15) is 0 Å². The minimum absolute atomic E-state index is 0.144. The van der Waals surface area contributed by atoms with Gasteiger partial charge in [0.05, 0.1) is 5.41 Å². The highest BCUT2D eigenvalue weighted by atomic mass is 16.4. The van der Waals surface area contributed by atoms with Gasteiger partial charge in [-0.3, -0.25) is 4.79 Å². The maximum atomic E-state index is 11.9. The molecule has 0 saturated carbocycles. The first-order valence-corrected chi connectivity index (χ1v) is 7.01. The number of carboxylic acids is 1. The number of rotatable bonds is 3. The summed E-state index contributed by atoms with van der Waals surface area (Å²) >= 11 is 0. The molecule has 0 aromatic carbocycles. The minimum Gasteiger partial charge on any atom is -0.481 e. The quantitative estimate of drug-likeness (QED) is 0.761. The molecule has 2 nitrogen and oxygen atoms in total. The van der Waals surface area contributed by atoms with Crippen LogP contribution in [0.5, 0.6) is 0 Å². The van der Waals surface area contributed by atoms with Gasteiger partial charge in [-0.2, -0.15) is 0 Å². The lowest BCUT2D eigenvalue weighted by atomic mass is 9.56. The molecule has 1 N–H and O–H groups in total. The zero-order valence-electron chi connectivity index (χ0n) is 11.5. The fourth-order valence-corrected chi connectivity index (χ4v) is 3.49. The molecule has 0 radical (unpaired) electrons. The summed E-state index contributed by atoms with van der Waals surface area (Å²) in [7, 11) is 0. The average molecular weight is 248 g/mol. The molecule has 2 heteroatoms. The highest BCUT2D eigenvalue weighted by Crippen LogP contribution is 2.53. The van der Waals surface area contributed by atoms with Crippen LogP contribution >= 0.6 is 0 Å². The molecule has 2 unspecified atom stereocenters. The monoisotopic (exact) mass is 248 g/mol. The molecule has 0 saturated heterocycles. The summed E-state index contributed by atoms with van der Waals surface area (Å²) in [6, 6.07) is 0. The molecular formula is C16H24O2. The van der Waals surface area contributed by atoms with Gasteiger partial charge in [-0.1, -0.05) is 38.2 Å². The van der Waals surface area contributed by atoms with Crippen molar-refractivity contribution in [3.8, 4) is 0 Å². The second-order valence-electron chi connectivity index (χ2n) is 6.51. The van der Waals surface area contributed by atoms with Gasteiger partial charge in [0.15, 0.2) is 0 Å². The van der Waals surface area contributed by atoms with Crippen LogP contribution in [0.3, 0.4) is 0 Å². The molecule has 0 amide bonds.